The summed E-state index contributed by atoms with van der Waals surface area (Å²) in [6, 6.07) is 0.854. The van der Waals surface area contributed by atoms with Gasteiger partial charge in [-0.3, -0.25) is 4.79 Å². The van der Waals surface area contributed by atoms with Gasteiger partial charge in [-0.25, -0.2) is 9.97 Å². The van der Waals surface area contributed by atoms with Crippen LogP contribution in [0.1, 0.15) is 55.3 Å². The summed E-state index contributed by atoms with van der Waals surface area (Å²) in [7, 11) is 0. The lowest BCUT2D eigenvalue weighted by Gasteiger charge is -2.22. The molecule has 2 saturated carbocycles. The fourth-order valence-corrected chi connectivity index (χ4v) is 2.45. The topological polar surface area (TPSA) is 66.9 Å². The molecule has 2 aliphatic rings. The quantitative estimate of drug-likeness (QED) is 0.870. The van der Waals surface area contributed by atoms with Crippen LogP contribution in [0.15, 0.2) is 12.4 Å². The first kappa shape index (κ1) is 12.4. The van der Waals surface area contributed by atoms with E-state index in [0.29, 0.717) is 23.6 Å². The van der Waals surface area contributed by atoms with Gasteiger partial charge in [-0.2, -0.15) is 0 Å². The zero-order valence-corrected chi connectivity index (χ0v) is 11.1. The van der Waals surface area contributed by atoms with Gasteiger partial charge in [0.05, 0.1) is 5.56 Å². The van der Waals surface area contributed by atoms with E-state index in [4.69, 9.17) is 0 Å². The van der Waals surface area contributed by atoms with E-state index < -0.39 is 0 Å². The predicted molar refractivity (Wildman–Crippen MR) is 73.0 cm³/mol. The molecular formula is C14H20N4O. The first-order valence-electron chi connectivity index (χ1n) is 7.21. The van der Waals surface area contributed by atoms with Crippen molar-refractivity contribution in [2.24, 2.45) is 0 Å². The summed E-state index contributed by atoms with van der Waals surface area (Å²) in [6.07, 6.45) is 11.5. The highest BCUT2D eigenvalue weighted by Gasteiger charge is 2.22. The predicted octanol–water partition coefficient (Wildman–Crippen LogP) is 2.11. The molecule has 0 bridgehead atoms. The molecule has 5 nitrogen and oxygen atoms in total. The van der Waals surface area contributed by atoms with Gasteiger partial charge >= 0.3 is 0 Å². The van der Waals surface area contributed by atoms with E-state index in [2.05, 4.69) is 20.6 Å². The second-order valence-corrected chi connectivity index (χ2v) is 5.52. The highest BCUT2D eigenvalue weighted by molar-refractivity contribution is 5.93. The fourth-order valence-electron chi connectivity index (χ4n) is 2.45. The highest BCUT2D eigenvalue weighted by atomic mass is 16.1. The number of amides is 1. The number of anilines is 1. The molecule has 102 valence electrons. The smallest absolute Gasteiger partial charge is 0.254 e. The van der Waals surface area contributed by atoms with Crippen LogP contribution in [-0.2, 0) is 0 Å². The maximum Gasteiger partial charge on any atom is 0.254 e. The average molecular weight is 260 g/mol. The number of hydrogen-bond acceptors (Lipinski definition) is 4. The van der Waals surface area contributed by atoms with Gasteiger partial charge in [-0.15, -0.1) is 0 Å². The Morgan fingerprint density at radius 2 is 1.68 bits per heavy atom. The highest BCUT2D eigenvalue weighted by Crippen LogP contribution is 2.22. The SMILES string of the molecule is O=C(NC1CCCCC1)c1cnc(NC2CC2)nc1. The Morgan fingerprint density at radius 3 is 2.32 bits per heavy atom. The summed E-state index contributed by atoms with van der Waals surface area (Å²) >= 11 is 0. The Hall–Kier alpha value is -1.65. The number of nitrogens with zero attached hydrogens (tertiary/aromatic N) is 2. The minimum atomic E-state index is -0.0510. The maximum absolute atomic E-state index is 12.0. The van der Waals surface area contributed by atoms with Crippen molar-refractivity contribution >= 4 is 11.9 Å². The lowest BCUT2D eigenvalue weighted by Crippen LogP contribution is -2.36. The number of nitrogens with one attached hydrogen (secondary N) is 2. The maximum atomic E-state index is 12.0. The van der Waals surface area contributed by atoms with Crippen molar-refractivity contribution < 1.29 is 4.79 Å². The van der Waals surface area contributed by atoms with Gasteiger partial charge in [0.15, 0.2) is 0 Å². The molecule has 3 rings (SSSR count). The molecule has 1 amide bonds. The van der Waals surface area contributed by atoms with Crippen molar-refractivity contribution in [2.75, 3.05) is 5.32 Å². The van der Waals surface area contributed by atoms with E-state index >= 15 is 0 Å². The van der Waals surface area contributed by atoms with E-state index in [1.807, 2.05) is 0 Å². The molecule has 0 aromatic carbocycles. The van der Waals surface area contributed by atoms with Gasteiger partial charge < -0.3 is 10.6 Å². The summed E-state index contributed by atoms with van der Waals surface area (Å²) in [5, 5.41) is 6.28. The van der Waals surface area contributed by atoms with Crippen LogP contribution in [0, 0.1) is 0 Å². The third-order valence-corrected chi connectivity index (χ3v) is 3.76. The van der Waals surface area contributed by atoms with Gasteiger partial charge in [0, 0.05) is 24.5 Å². The third-order valence-electron chi connectivity index (χ3n) is 3.76. The van der Waals surface area contributed by atoms with Crippen molar-refractivity contribution in [1.82, 2.24) is 15.3 Å². The van der Waals surface area contributed by atoms with Gasteiger partial charge in [-0.1, -0.05) is 19.3 Å². The number of rotatable bonds is 4. The molecule has 0 aliphatic heterocycles. The number of carbonyl (C=O) groups is 1. The summed E-state index contributed by atoms with van der Waals surface area (Å²) in [5.74, 6) is 0.571. The second kappa shape index (κ2) is 5.55. The van der Waals surface area contributed by atoms with Crippen LogP contribution in [0.4, 0.5) is 5.95 Å². The van der Waals surface area contributed by atoms with Gasteiger partial charge in [0.1, 0.15) is 0 Å². The molecule has 0 radical (unpaired) electrons. The molecule has 1 heterocycles. The number of hydrogen-bond donors (Lipinski definition) is 2. The summed E-state index contributed by atoms with van der Waals surface area (Å²) in [6.45, 7) is 0. The largest absolute Gasteiger partial charge is 0.351 e. The van der Waals surface area contributed by atoms with Crippen LogP contribution in [0.3, 0.4) is 0 Å². The van der Waals surface area contributed by atoms with Crippen LogP contribution in [0.25, 0.3) is 0 Å². The molecule has 1 aromatic rings. The number of aromatic nitrogens is 2. The standard InChI is InChI=1S/C14H20N4O/c19-13(17-11-4-2-1-3-5-11)10-8-15-14(16-9-10)18-12-6-7-12/h8-9,11-12H,1-7H2,(H,17,19)(H,15,16,18). The molecule has 2 fully saturated rings. The second-order valence-electron chi connectivity index (χ2n) is 5.52. The Bertz CT molecular complexity index is 435. The van der Waals surface area contributed by atoms with E-state index in [1.54, 1.807) is 12.4 Å². The minimum absolute atomic E-state index is 0.0510. The fraction of sp³-hybridized carbons (Fsp3) is 0.643. The normalized spacial score (nSPS) is 20.0. The molecule has 19 heavy (non-hydrogen) atoms. The Labute approximate surface area is 113 Å². The van der Waals surface area contributed by atoms with Gasteiger partial charge in [0.2, 0.25) is 5.95 Å². The van der Waals surface area contributed by atoms with Crippen molar-refractivity contribution in [2.45, 2.75) is 57.0 Å². The Balaban J connectivity index is 1.55. The summed E-state index contributed by atoms with van der Waals surface area (Å²) < 4.78 is 0. The lowest BCUT2D eigenvalue weighted by molar-refractivity contribution is 0.0927. The molecular weight excluding hydrogens is 240 g/mol. The molecule has 2 N–H and O–H groups in total. The molecule has 0 saturated heterocycles. The average Bonchev–Trinajstić information content (AvgIpc) is 3.25. The summed E-state index contributed by atoms with van der Waals surface area (Å²) in [5.41, 5.74) is 0.548. The van der Waals surface area contributed by atoms with Crippen LogP contribution in [0.5, 0.6) is 0 Å². The first-order valence-corrected chi connectivity index (χ1v) is 7.21. The zero-order valence-electron chi connectivity index (χ0n) is 11.1. The van der Waals surface area contributed by atoms with Crippen molar-refractivity contribution in [3.63, 3.8) is 0 Å². The van der Waals surface area contributed by atoms with Crippen molar-refractivity contribution in [3.05, 3.63) is 18.0 Å². The van der Waals surface area contributed by atoms with Crippen LogP contribution in [0.2, 0.25) is 0 Å². The van der Waals surface area contributed by atoms with Crippen molar-refractivity contribution in [3.8, 4) is 0 Å². The number of carbonyl (C=O) groups excluding carboxylic acids is 1. The zero-order chi connectivity index (χ0) is 13.1. The van der Waals surface area contributed by atoms with Crippen LogP contribution < -0.4 is 10.6 Å². The van der Waals surface area contributed by atoms with E-state index in [-0.39, 0.29) is 5.91 Å². The molecule has 0 atom stereocenters. The molecule has 2 aliphatic carbocycles. The monoisotopic (exact) mass is 260 g/mol. The molecule has 0 unspecified atom stereocenters. The van der Waals surface area contributed by atoms with Gasteiger partial charge in [0.25, 0.3) is 5.91 Å². The van der Waals surface area contributed by atoms with E-state index in [1.165, 1.54) is 32.1 Å². The van der Waals surface area contributed by atoms with Crippen LogP contribution >= 0.6 is 0 Å². The van der Waals surface area contributed by atoms with Gasteiger partial charge in [-0.05, 0) is 25.7 Å². The Kier molecular flexibility index (Phi) is 3.62. The molecule has 1 aromatic heterocycles. The molecule has 5 heteroatoms. The van der Waals surface area contributed by atoms with Crippen molar-refractivity contribution in [1.29, 1.82) is 0 Å². The Morgan fingerprint density at radius 1 is 1.00 bits per heavy atom. The van der Waals surface area contributed by atoms with E-state index in [9.17, 15) is 4.79 Å². The summed E-state index contributed by atoms with van der Waals surface area (Å²) in [4.78, 5) is 20.4. The lowest BCUT2D eigenvalue weighted by atomic mass is 9.95. The minimum Gasteiger partial charge on any atom is -0.351 e. The first-order chi connectivity index (χ1) is 9.31. The molecule has 0 spiro atoms. The third kappa shape index (κ3) is 3.43. The van der Waals surface area contributed by atoms with Crippen LogP contribution in [-0.4, -0.2) is 28.0 Å². The van der Waals surface area contributed by atoms with E-state index in [0.717, 1.165) is 12.8 Å².